The summed E-state index contributed by atoms with van der Waals surface area (Å²) in [6, 6.07) is 5.76. The number of rotatable bonds is 5. The molecule has 0 aliphatic carbocycles. The van der Waals surface area contributed by atoms with E-state index in [0.29, 0.717) is 28.3 Å². The van der Waals surface area contributed by atoms with E-state index in [1.807, 2.05) is 0 Å². The van der Waals surface area contributed by atoms with Crippen molar-refractivity contribution in [3.8, 4) is 11.5 Å². The number of nitrogens with zero attached hydrogens (tertiary/aromatic N) is 6. The van der Waals surface area contributed by atoms with Crippen LogP contribution in [0.15, 0.2) is 36.8 Å². The number of hydrogen-bond acceptors (Lipinski definition) is 7. The maximum absolute atomic E-state index is 13.4. The van der Waals surface area contributed by atoms with Crippen LogP contribution in [-0.2, 0) is 16.6 Å². The minimum atomic E-state index is -1.14. The summed E-state index contributed by atoms with van der Waals surface area (Å²) in [5.74, 6) is 0.0651. The van der Waals surface area contributed by atoms with Crippen LogP contribution in [0.3, 0.4) is 0 Å². The SMILES string of the molecule is CCCCc1nc(-c2nc(N)c3c(n2)NC(=O)[C@@]3(C)c2ccc(F)cc2)cn2ncnc12. The highest BCUT2D eigenvalue weighted by molar-refractivity contribution is 6.09. The van der Waals surface area contributed by atoms with Crippen molar-refractivity contribution in [3.63, 3.8) is 0 Å². The average molecular weight is 432 g/mol. The molecule has 0 spiro atoms. The first kappa shape index (κ1) is 20.0. The number of carbonyl (C=O) groups excluding carboxylic acids is 1. The number of amides is 1. The zero-order valence-electron chi connectivity index (χ0n) is 17.6. The number of nitrogens with two attached hydrogens (primary N) is 1. The number of nitrogen functional groups attached to an aromatic ring is 1. The van der Waals surface area contributed by atoms with Crippen LogP contribution in [0.1, 0.15) is 43.5 Å². The Hall–Kier alpha value is -3.95. The Morgan fingerprint density at radius 2 is 1.97 bits per heavy atom. The normalized spacial score (nSPS) is 17.5. The van der Waals surface area contributed by atoms with Crippen LogP contribution in [0.4, 0.5) is 16.0 Å². The molecule has 0 unspecified atom stereocenters. The van der Waals surface area contributed by atoms with E-state index in [-0.39, 0.29) is 23.4 Å². The van der Waals surface area contributed by atoms with Crippen molar-refractivity contribution in [2.75, 3.05) is 11.1 Å². The fourth-order valence-electron chi connectivity index (χ4n) is 4.09. The number of anilines is 2. The molecule has 10 heteroatoms. The second-order valence-corrected chi connectivity index (χ2v) is 7.95. The Bertz CT molecular complexity index is 1350. The lowest BCUT2D eigenvalue weighted by Gasteiger charge is -2.23. The van der Waals surface area contributed by atoms with E-state index in [4.69, 9.17) is 10.7 Å². The summed E-state index contributed by atoms with van der Waals surface area (Å²) in [4.78, 5) is 31.0. The van der Waals surface area contributed by atoms with Crippen LogP contribution in [0, 0.1) is 5.82 Å². The molecule has 4 heterocycles. The lowest BCUT2D eigenvalue weighted by molar-refractivity contribution is -0.119. The zero-order valence-corrected chi connectivity index (χ0v) is 17.6. The second-order valence-electron chi connectivity index (χ2n) is 7.95. The number of aromatic nitrogens is 6. The van der Waals surface area contributed by atoms with Gasteiger partial charge in [0.2, 0.25) is 5.91 Å². The molecular weight excluding hydrogens is 411 g/mol. The minimum absolute atomic E-state index is 0.158. The summed E-state index contributed by atoms with van der Waals surface area (Å²) < 4.78 is 15.1. The number of carbonyl (C=O) groups is 1. The molecule has 0 fully saturated rings. The topological polar surface area (TPSA) is 124 Å². The van der Waals surface area contributed by atoms with Crippen LogP contribution in [0.5, 0.6) is 0 Å². The van der Waals surface area contributed by atoms with E-state index in [0.717, 1.165) is 25.0 Å². The molecule has 32 heavy (non-hydrogen) atoms. The van der Waals surface area contributed by atoms with Gasteiger partial charge in [-0.2, -0.15) is 5.10 Å². The van der Waals surface area contributed by atoms with E-state index in [2.05, 4.69) is 32.3 Å². The summed E-state index contributed by atoms with van der Waals surface area (Å²) in [5, 5.41) is 7.04. The first-order chi connectivity index (χ1) is 15.4. The molecule has 0 bridgehead atoms. The summed E-state index contributed by atoms with van der Waals surface area (Å²) in [6.07, 6.45) is 5.88. The molecule has 0 saturated heterocycles. The molecule has 1 aliphatic rings. The average Bonchev–Trinajstić information content (AvgIpc) is 3.35. The molecule has 1 atom stereocenters. The third kappa shape index (κ3) is 2.98. The van der Waals surface area contributed by atoms with E-state index in [1.54, 1.807) is 29.8 Å². The van der Waals surface area contributed by atoms with E-state index >= 15 is 0 Å². The van der Waals surface area contributed by atoms with Crippen LogP contribution in [0.2, 0.25) is 0 Å². The largest absolute Gasteiger partial charge is 0.383 e. The van der Waals surface area contributed by atoms with Crippen molar-refractivity contribution in [2.24, 2.45) is 0 Å². The smallest absolute Gasteiger partial charge is 0.240 e. The van der Waals surface area contributed by atoms with Crippen molar-refractivity contribution in [3.05, 3.63) is 59.4 Å². The van der Waals surface area contributed by atoms with Crippen LogP contribution >= 0.6 is 0 Å². The Morgan fingerprint density at radius 3 is 2.72 bits per heavy atom. The molecule has 1 aliphatic heterocycles. The lowest BCUT2D eigenvalue weighted by Crippen LogP contribution is -2.33. The van der Waals surface area contributed by atoms with Gasteiger partial charge in [0.25, 0.3) is 0 Å². The highest BCUT2D eigenvalue weighted by Crippen LogP contribution is 2.44. The summed E-state index contributed by atoms with van der Waals surface area (Å²) in [7, 11) is 0. The van der Waals surface area contributed by atoms with Crippen molar-refractivity contribution in [1.82, 2.24) is 29.5 Å². The number of benzene rings is 1. The maximum Gasteiger partial charge on any atom is 0.240 e. The van der Waals surface area contributed by atoms with Gasteiger partial charge in [0, 0.05) is 0 Å². The molecule has 3 aromatic heterocycles. The molecule has 0 saturated carbocycles. The van der Waals surface area contributed by atoms with Gasteiger partial charge in [-0.1, -0.05) is 25.5 Å². The van der Waals surface area contributed by atoms with Gasteiger partial charge in [0.15, 0.2) is 11.5 Å². The molecule has 1 aromatic carbocycles. The first-order valence-electron chi connectivity index (χ1n) is 10.4. The third-order valence-corrected chi connectivity index (χ3v) is 5.87. The number of halogens is 1. The highest BCUT2D eigenvalue weighted by atomic mass is 19.1. The standard InChI is InChI=1S/C22H21FN8O/c1-3-4-5-14-20-25-11-26-31(20)10-15(27-14)18-28-17(24)16-19(29-18)30-21(32)22(16,2)12-6-8-13(23)9-7-12/h6-11H,3-5H2,1-2H3,(H3,24,28,29,30,32)/t22-/m0/s1. The van der Waals surface area contributed by atoms with Gasteiger partial charge in [-0.25, -0.2) is 28.8 Å². The van der Waals surface area contributed by atoms with Gasteiger partial charge in [-0.15, -0.1) is 0 Å². The molecule has 3 N–H and O–H groups in total. The van der Waals surface area contributed by atoms with Crippen molar-refractivity contribution in [1.29, 1.82) is 0 Å². The fourth-order valence-corrected chi connectivity index (χ4v) is 4.09. The molecule has 1 amide bonds. The van der Waals surface area contributed by atoms with Gasteiger partial charge < -0.3 is 11.1 Å². The number of hydrogen-bond donors (Lipinski definition) is 2. The number of nitrogens with one attached hydrogen (secondary N) is 1. The molecule has 162 valence electrons. The number of aryl methyl sites for hydroxylation is 1. The monoisotopic (exact) mass is 432 g/mol. The van der Waals surface area contributed by atoms with Gasteiger partial charge in [0.1, 0.15) is 34.9 Å². The van der Waals surface area contributed by atoms with E-state index < -0.39 is 5.41 Å². The van der Waals surface area contributed by atoms with Crippen molar-refractivity contribution in [2.45, 2.75) is 38.5 Å². The van der Waals surface area contributed by atoms with E-state index in [1.165, 1.54) is 18.5 Å². The van der Waals surface area contributed by atoms with Crippen molar-refractivity contribution < 1.29 is 9.18 Å². The molecule has 5 rings (SSSR count). The van der Waals surface area contributed by atoms with Crippen LogP contribution in [-0.4, -0.2) is 35.5 Å². The fraction of sp³-hybridized carbons (Fsp3) is 0.273. The summed E-state index contributed by atoms with van der Waals surface area (Å²) in [5.41, 5.74) is 8.24. The molecule has 0 radical (unpaired) electrons. The highest BCUT2D eigenvalue weighted by Gasteiger charge is 2.47. The summed E-state index contributed by atoms with van der Waals surface area (Å²) >= 11 is 0. The quantitative estimate of drug-likeness (QED) is 0.497. The third-order valence-electron chi connectivity index (χ3n) is 5.87. The Morgan fingerprint density at radius 1 is 1.19 bits per heavy atom. The minimum Gasteiger partial charge on any atom is -0.383 e. The predicted octanol–water partition coefficient (Wildman–Crippen LogP) is 2.90. The predicted molar refractivity (Wildman–Crippen MR) is 116 cm³/mol. The van der Waals surface area contributed by atoms with E-state index in [9.17, 15) is 9.18 Å². The molecule has 9 nitrogen and oxygen atoms in total. The molecule has 4 aromatic rings. The van der Waals surface area contributed by atoms with Gasteiger partial charge in [-0.05, 0) is 37.5 Å². The molecular formula is C22H21FN8O. The maximum atomic E-state index is 13.4. The second kappa shape index (κ2) is 7.33. The van der Waals surface area contributed by atoms with Gasteiger partial charge in [-0.3, -0.25) is 4.79 Å². The van der Waals surface area contributed by atoms with Crippen LogP contribution in [0.25, 0.3) is 17.2 Å². The zero-order chi connectivity index (χ0) is 22.5. The van der Waals surface area contributed by atoms with Gasteiger partial charge >= 0.3 is 0 Å². The number of unbranched alkanes of at least 4 members (excludes halogenated alkanes) is 1. The Kier molecular flexibility index (Phi) is 4.58. The van der Waals surface area contributed by atoms with Crippen molar-refractivity contribution >= 4 is 23.2 Å². The first-order valence-corrected chi connectivity index (χ1v) is 10.4. The summed E-state index contributed by atoms with van der Waals surface area (Å²) in [6.45, 7) is 3.83. The van der Waals surface area contributed by atoms with Gasteiger partial charge in [0.05, 0.1) is 17.5 Å². The van der Waals surface area contributed by atoms with Crippen LogP contribution < -0.4 is 11.1 Å². The Labute approximate surface area is 182 Å². The lowest BCUT2D eigenvalue weighted by atomic mass is 9.78. The Balaban J connectivity index is 1.63. The number of fused-ring (bicyclic) bond motifs is 2.